The van der Waals surface area contributed by atoms with Crippen molar-refractivity contribution in [2.75, 3.05) is 0 Å². The van der Waals surface area contributed by atoms with Crippen LogP contribution >= 0.6 is 0 Å². The van der Waals surface area contributed by atoms with Gasteiger partial charge in [-0.15, -0.1) is 0 Å². The molecule has 0 radical (unpaired) electrons. The Hall–Kier alpha value is -3.12. The Bertz CT molecular complexity index is 1060. The fourth-order valence-electron chi connectivity index (χ4n) is 4.68. The van der Waals surface area contributed by atoms with Gasteiger partial charge in [-0.2, -0.15) is 0 Å². The van der Waals surface area contributed by atoms with Crippen molar-refractivity contribution in [3.63, 3.8) is 0 Å². The van der Waals surface area contributed by atoms with Gasteiger partial charge in [-0.1, -0.05) is 108 Å². The minimum absolute atomic E-state index is 0.305. The molecule has 0 unspecified atom stereocenters. The van der Waals surface area contributed by atoms with E-state index in [1.165, 1.54) is 44.5 Å². The van der Waals surface area contributed by atoms with Crippen LogP contribution < -0.4 is 0 Å². The summed E-state index contributed by atoms with van der Waals surface area (Å²) in [6.45, 7) is 8.54. The highest BCUT2D eigenvalue weighted by atomic mass is 14.5. The normalized spacial score (nSPS) is 17.9. The molecule has 0 bridgehead atoms. The van der Waals surface area contributed by atoms with Gasteiger partial charge in [0, 0.05) is 0 Å². The quantitative estimate of drug-likeness (QED) is 0.442. The molecule has 1 aliphatic rings. The smallest absolute Gasteiger partial charge is 0.0710 e. The van der Waals surface area contributed by atoms with Crippen LogP contribution in [0.1, 0.15) is 47.2 Å². The molecule has 3 aromatic carbocycles. The topological polar surface area (TPSA) is 0 Å². The van der Waals surface area contributed by atoms with Gasteiger partial charge in [-0.25, -0.2) is 0 Å². The van der Waals surface area contributed by atoms with Crippen molar-refractivity contribution in [3.05, 3.63) is 136 Å². The van der Waals surface area contributed by atoms with Crippen LogP contribution in [-0.2, 0) is 5.41 Å². The third-order valence-corrected chi connectivity index (χ3v) is 6.03. The van der Waals surface area contributed by atoms with E-state index in [-0.39, 0.29) is 5.41 Å². The van der Waals surface area contributed by atoms with Gasteiger partial charge in [-0.3, -0.25) is 0 Å². The number of rotatable bonds is 3. The third kappa shape index (κ3) is 3.00. The molecule has 29 heavy (non-hydrogen) atoms. The van der Waals surface area contributed by atoms with Crippen LogP contribution in [0.4, 0.5) is 0 Å². The predicted molar refractivity (Wildman–Crippen MR) is 125 cm³/mol. The predicted octanol–water partition coefficient (Wildman–Crippen LogP) is 7.56. The molecule has 0 aromatic heterocycles. The summed E-state index contributed by atoms with van der Waals surface area (Å²) in [4.78, 5) is 0. The summed E-state index contributed by atoms with van der Waals surface area (Å²) in [5.41, 5.74) is 10.2. The van der Waals surface area contributed by atoms with Crippen molar-refractivity contribution in [1.82, 2.24) is 0 Å². The Balaban J connectivity index is 2.14. The number of hydrogen-bond acceptors (Lipinski definition) is 0. The van der Waals surface area contributed by atoms with Crippen LogP contribution in [0.3, 0.4) is 0 Å². The van der Waals surface area contributed by atoms with Crippen molar-refractivity contribution >= 4 is 5.57 Å². The van der Waals surface area contributed by atoms with Gasteiger partial charge in [0.2, 0.25) is 0 Å². The zero-order chi connectivity index (χ0) is 20.4. The minimum Gasteiger partial charge on any atom is -0.0876 e. The van der Waals surface area contributed by atoms with E-state index in [0.29, 0.717) is 0 Å². The van der Waals surface area contributed by atoms with E-state index in [1.54, 1.807) is 0 Å². The van der Waals surface area contributed by atoms with Crippen LogP contribution in [0.25, 0.3) is 5.57 Å². The van der Waals surface area contributed by atoms with Crippen molar-refractivity contribution in [2.45, 2.75) is 33.1 Å². The molecule has 0 heterocycles. The van der Waals surface area contributed by atoms with Crippen LogP contribution in [0.5, 0.6) is 0 Å². The highest BCUT2D eigenvalue weighted by Crippen LogP contribution is 2.57. The van der Waals surface area contributed by atoms with Crippen LogP contribution in [-0.4, -0.2) is 0 Å². The van der Waals surface area contributed by atoms with Gasteiger partial charge in [0.15, 0.2) is 0 Å². The SMILES string of the molecule is C\C=C/C=C1\C(=C\C)C(c2ccc(C)cc2)(c2ccc(C)cc2)c2ccccc21. The first-order chi connectivity index (χ1) is 14.1. The molecule has 3 aromatic rings. The molecule has 0 N–H and O–H groups in total. The van der Waals surface area contributed by atoms with Crippen molar-refractivity contribution in [3.8, 4) is 0 Å². The lowest BCUT2D eigenvalue weighted by Crippen LogP contribution is -2.28. The molecule has 0 atom stereocenters. The van der Waals surface area contributed by atoms with E-state index in [0.717, 1.165) is 0 Å². The van der Waals surface area contributed by atoms with Gasteiger partial charge in [0.25, 0.3) is 0 Å². The van der Waals surface area contributed by atoms with Gasteiger partial charge in [0.05, 0.1) is 5.41 Å². The molecule has 144 valence electrons. The lowest BCUT2D eigenvalue weighted by molar-refractivity contribution is 0.766. The van der Waals surface area contributed by atoms with Crippen LogP contribution in [0, 0.1) is 13.8 Å². The van der Waals surface area contributed by atoms with E-state index >= 15 is 0 Å². The van der Waals surface area contributed by atoms with Crippen molar-refractivity contribution in [1.29, 1.82) is 0 Å². The van der Waals surface area contributed by atoms with Crippen molar-refractivity contribution in [2.24, 2.45) is 0 Å². The Morgan fingerprint density at radius 3 is 1.76 bits per heavy atom. The van der Waals surface area contributed by atoms with E-state index in [9.17, 15) is 0 Å². The van der Waals surface area contributed by atoms with Gasteiger partial charge in [-0.05, 0) is 61.1 Å². The Kier molecular flexibility index (Phi) is 5.11. The first kappa shape index (κ1) is 19.2. The Morgan fingerprint density at radius 2 is 1.24 bits per heavy atom. The molecule has 4 rings (SSSR count). The highest BCUT2D eigenvalue weighted by molar-refractivity contribution is 5.94. The second-order valence-corrected chi connectivity index (χ2v) is 7.84. The van der Waals surface area contributed by atoms with Gasteiger partial charge >= 0.3 is 0 Å². The zero-order valence-electron chi connectivity index (χ0n) is 17.7. The third-order valence-electron chi connectivity index (χ3n) is 6.03. The molecule has 0 saturated carbocycles. The summed E-state index contributed by atoms with van der Waals surface area (Å²) in [7, 11) is 0. The fraction of sp³-hybridized carbons (Fsp3) is 0.172. The van der Waals surface area contributed by atoms with Crippen LogP contribution in [0.15, 0.2) is 103 Å². The number of allylic oxidation sites excluding steroid dienone is 6. The molecule has 0 nitrogen and oxygen atoms in total. The maximum absolute atomic E-state index is 2.30. The standard InChI is InChI=1S/C29H28/c1-5-7-10-25-26-11-8-9-12-28(26)29(27(25)6-2,23-17-13-21(3)14-18-23)24-19-15-22(4)16-20-24/h5-20H,1-4H3/b7-5-,25-10-,27-6-. The van der Waals surface area contributed by atoms with E-state index < -0.39 is 0 Å². The summed E-state index contributed by atoms with van der Waals surface area (Å²) in [5.74, 6) is 0. The van der Waals surface area contributed by atoms with Crippen molar-refractivity contribution < 1.29 is 0 Å². The molecular formula is C29H28. The summed E-state index contributed by atoms with van der Waals surface area (Å²) >= 11 is 0. The fourth-order valence-corrected chi connectivity index (χ4v) is 4.68. The minimum atomic E-state index is -0.305. The van der Waals surface area contributed by atoms with E-state index in [1.807, 2.05) is 0 Å². The monoisotopic (exact) mass is 376 g/mol. The lowest BCUT2D eigenvalue weighted by Gasteiger charge is -2.34. The van der Waals surface area contributed by atoms with Gasteiger partial charge in [0.1, 0.15) is 0 Å². The van der Waals surface area contributed by atoms with E-state index in [2.05, 4.69) is 125 Å². The molecular weight excluding hydrogens is 348 g/mol. The second kappa shape index (κ2) is 7.72. The highest BCUT2D eigenvalue weighted by Gasteiger charge is 2.47. The maximum atomic E-state index is 2.30. The molecule has 0 aliphatic heterocycles. The molecule has 0 spiro atoms. The molecule has 0 amide bonds. The molecule has 0 fully saturated rings. The molecule has 1 aliphatic carbocycles. The first-order valence-corrected chi connectivity index (χ1v) is 10.4. The van der Waals surface area contributed by atoms with Gasteiger partial charge < -0.3 is 0 Å². The maximum Gasteiger partial charge on any atom is 0.0710 e. The summed E-state index contributed by atoms with van der Waals surface area (Å²) in [5, 5.41) is 0. The second-order valence-electron chi connectivity index (χ2n) is 7.84. The van der Waals surface area contributed by atoms with Crippen LogP contribution in [0.2, 0.25) is 0 Å². The molecule has 0 heteroatoms. The Labute approximate surface area is 174 Å². The number of benzene rings is 3. The zero-order valence-corrected chi connectivity index (χ0v) is 17.7. The largest absolute Gasteiger partial charge is 0.0876 e. The Morgan fingerprint density at radius 1 is 0.690 bits per heavy atom. The number of fused-ring (bicyclic) bond motifs is 1. The van der Waals surface area contributed by atoms with E-state index in [4.69, 9.17) is 0 Å². The summed E-state index contributed by atoms with van der Waals surface area (Å²) in [6.07, 6.45) is 8.81. The lowest BCUT2D eigenvalue weighted by atomic mass is 9.67. The molecule has 0 saturated heterocycles. The number of aryl methyl sites for hydroxylation is 2. The average molecular weight is 377 g/mol. The first-order valence-electron chi connectivity index (χ1n) is 10.4. The summed E-state index contributed by atoms with van der Waals surface area (Å²) < 4.78 is 0. The average Bonchev–Trinajstić information content (AvgIpc) is 3.03. The number of hydrogen-bond donors (Lipinski definition) is 0. The summed E-state index contributed by atoms with van der Waals surface area (Å²) in [6, 6.07) is 27.0.